The molecule has 9 nitrogen and oxygen atoms in total. The number of aromatic nitrogens is 2. The number of nitrogens with zero attached hydrogens (tertiary/aromatic N) is 3. The van der Waals surface area contributed by atoms with E-state index in [4.69, 9.17) is 9.47 Å². The number of benzene rings is 1. The largest absolute Gasteiger partial charge is 0.494 e. The molecular formula is C33H42F2N4O5. The van der Waals surface area contributed by atoms with Crippen LogP contribution in [0.2, 0.25) is 0 Å². The number of amides is 1. The first-order valence-corrected chi connectivity index (χ1v) is 16.0. The summed E-state index contributed by atoms with van der Waals surface area (Å²) in [6.07, 6.45) is 4.91. The highest BCUT2D eigenvalue weighted by Crippen LogP contribution is 2.50. The van der Waals surface area contributed by atoms with Crippen molar-refractivity contribution < 1.29 is 33.0 Å². The van der Waals surface area contributed by atoms with Crippen molar-refractivity contribution in [3.8, 4) is 5.75 Å². The molecule has 2 aromatic rings. The number of carbonyl (C=O) groups is 2. The third-order valence-corrected chi connectivity index (χ3v) is 10.4. The zero-order valence-corrected chi connectivity index (χ0v) is 25.4. The number of ether oxygens (including phenoxy) is 2. The van der Waals surface area contributed by atoms with Crippen LogP contribution in [0, 0.1) is 29.6 Å². The fourth-order valence-corrected chi connectivity index (χ4v) is 8.23. The summed E-state index contributed by atoms with van der Waals surface area (Å²) in [7, 11) is 0. The standard InChI is InChI=1S/C33H42F2N4O5/c1-19-13-22-15-20(2)33(31(41)42,24(14-19)16-22)38-30(40)26-18-36-32(37-28(26)29(34)35)39-9-5-23-17-25(3-4-27(23)39)44-12-8-21-6-10-43-11-7-21/h3-4,17-22,24,29H,5-16H2,1-2H3,(H,38,40)(H,41,42). The number of alkyl halides is 2. The highest BCUT2D eigenvalue weighted by molar-refractivity contribution is 5.99. The molecule has 2 saturated carbocycles. The van der Waals surface area contributed by atoms with Gasteiger partial charge in [0.2, 0.25) is 5.95 Å². The van der Waals surface area contributed by atoms with Crippen LogP contribution in [0.3, 0.4) is 0 Å². The number of hydrogen-bond acceptors (Lipinski definition) is 7. The lowest BCUT2D eigenvalue weighted by atomic mass is 9.56. The maximum absolute atomic E-state index is 14.4. The molecule has 238 valence electrons. The zero-order chi connectivity index (χ0) is 31.0. The van der Waals surface area contributed by atoms with Crippen LogP contribution in [0.1, 0.15) is 86.8 Å². The first-order chi connectivity index (χ1) is 21.2. The maximum atomic E-state index is 14.4. The predicted molar refractivity (Wildman–Crippen MR) is 159 cm³/mol. The van der Waals surface area contributed by atoms with Gasteiger partial charge >= 0.3 is 5.97 Å². The Morgan fingerprint density at radius 2 is 1.98 bits per heavy atom. The van der Waals surface area contributed by atoms with Crippen molar-refractivity contribution in [1.82, 2.24) is 15.3 Å². The Balaban J connectivity index is 1.19. The number of carboxylic acid groups (broad SMARTS) is 1. The van der Waals surface area contributed by atoms with Crippen molar-refractivity contribution in [2.45, 2.75) is 77.2 Å². The van der Waals surface area contributed by atoms with E-state index in [1.54, 1.807) is 4.90 Å². The Morgan fingerprint density at radius 3 is 2.73 bits per heavy atom. The Kier molecular flexibility index (Phi) is 8.77. The summed E-state index contributed by atoms with van der Waals surface area (Å²) in [6, 6.07) is 5.73. The van der Waals surface area contributed by atoms with Gasteiger partial charge in [-0.3, -0.25) is 4.79 Å². The normalized spacial score (nSPS) is 28.5. The molecule has 2 bridgehead atoms. The number of nitrogens with one attached hydrogen (secondary N) is 1. The number of aliphatic carboxylic acids is 1. The van der Waals surface area contributed by atoms with E-state index >= 15 is 0 Å². The molecule has 1 aromatic heterocycles. The molecule has 1 aromatic carbocycles. The van der Waals surface area contributed by atoms with Crippen LogP contribution in [0.15, 0.2) is 24.4 Å². The van der Waals surface area contributed by atoms with E-state index < -0.39 is 35.1 Å². The van der Waals surface area contributed by atoms with Gasteiger partial charge in [-0.05, 0) is 105 Å². The van der Waals surface area contributed by atoms with Crippen LogP contribution in [-0.2, 0) is 16.0 Å². The van der Waals surface area contributed by atoms with Gasteiger partial charge in [0.1, 0.15) is 17.0 Å². The van der Waals surface area contributed by atoms with Crippen LogP contribution in [-0.4, -0.2) is 58.9 Å². The smallest absolute Gasteiger partial charge is 0.329 e. The molecule has 6 rings (SSSR count). The first-order valence-electron chi connectivity index (χ1n) is 16.0. The minimum atomic E-state index is -3.05. The van der Waals surface area contributed by atoms with E-state index in [0.717, 1.165) is 62.1 Å². The zero-order valence-electron chi connectivity index (χ0n) is 25.4. The van der Waals surface area contributed by atoms with E-state index in [0.29, 0.717) is 56.6 Å². The van der Waals surface area contributed by atoms with Gasteiger partial charge in [0.05, 0.1) is 12.2 Å². The summed E-state index contributed by atoms with van der Waals surface area (Å²) in [5.41, 5.74) is -0.810. The summed E-state index contributed by atoms with van der Waals surface area (Å²) in [5.74, 6) is -0.400. The van der Waals surface area contributed by atoms with E-state index in [9.17, 15) is 23.5 Å². The highest BCUT2D eigenvalue weighted by Gasteiger charge is 2.56. The molecule has 3 heterocycles. The van der Waals surface area contributed by atoms with Gasteiger partial charge < -0.3 is 24.8 Å². The Labute approximate surface area is 256 Å². The van der Waals surface area contributed by atoms with Crippen LogP contribution in [0.5, 0.6) is 5.75 Å². The average molecular weight is 613 g/mol. The number of hydrogen-bond donors (Lipinski definition) is 2. The Hall–Kier alpha value is -3.34. The molecule has 0 spiro atoms. The maximum Gasteiger partial charge on any atom is 0.329 e. The quantitative estimate of drug-likeness (QED) is 0.357. The molecule has 0 radical (unpaired) electrons. The van der Waals surface area contributed by atoms with Crippen molar-refractivity contribution in [1.29, 1.82) is 0 Å². The third-order valence-electron chi connectivity index (χ3n) is 10.4. The van der Waals surface area contributed by atoms with Crippen molar-refractivity contribution in [2.24, 2.45) is 29.6 Å². The number of fused-ring (bicyclic) bond motifs is 3. The number of rotatable bonds is 9. The second-order valence-electron chi connectivity index (χ2n) is 13.3. The van der Waals surface area contributed by atoms with Crippen molar-refractivity contribution in [3.05, 3.63) is 41.2 Å². The van der Waals surface area contributed by atoms with Crippen molar-refractivity contribution >= 4 is 23.5 Å². The molecule has 2 aliphatic carbocycles. The molecule has 5 atom stereocenters. The molecule has 1 saturated heterocycles. The molecule has 2 N–H and O–H groups in total. The van der Waals surface area contributed by atoms with Crippen LogP contribution in [0.25, 0.3) is 0 Å². The SMILES string of the molecule is CC1CC2CC(C)C(NC(=O)c3cnc(N4CCc5cc(OCCC6CCOCC6)ccc54)nc3C(F)F)(C(=O)O)C(C1)C2. The first kappa shape index (κ1) is 30.7. The fourth-order valence-electron chi connectivity index (χ4n) is 8.23. The van der Waals surface area contributed by atoms with Gasteiger partial charge in [0.15, 0.2) is 0 Å². The lowest BCUT2D eigenvalue weighted by Crippen LogP contribution is -2.66. The molecule has 44 heavy (non-hydrogen) atoms. The van der Waals surface area contributed by atoms with Gasteiger partial charge in [0, 0.05) is 31.6 Å². The number of carbonyl (C=O) groups excluding carboxylic acids is 1. The summed E-state index contributed by atoms with van der Waals surface area (Å²) in [4.78, 5) is 36.6. The van der Waals surface area contributed by atoms with E-state index in [2.05, 4.69) is 22.2 Å². The molecule has 5 unspecified atom stereocenters. The number of anilines is 2. The summed E-state index contributed by atoms with van der Waals surface area (Å²) in [5, 5.41) is 13.2. The predicted octanol–water partition coefficient (Wildman–Crippen LogP) is 5.95. The van der Waals surface area contributed by atoms with Crippen molar-refractivity contribution in [3.63, 3.8) is 0 Å². The topological polar surface area (TPSA) is 114 Å². The molecule has 2 aliphatic heterocycles. The Morgan fingerprint density at radius 1 is 1.18 bits per heavy atom. The van der Waals surface area contributed by atoms with Gasteiger partial charge in [-0.2, -0.15) is 0 Å². The molecular weight excluding hydrogens is 570 g/mol. The van der Waals surface area contributed by atoms with Crippen LogP contribution < -0.4 is 15.0 Å². The summed E-state index contributed by atoms with van der Waals surface area (Å²) >= 11 is 0. The second kappa shape index (κ2) is 12.6. The van der Waals surface area contributed by atoms with Crippen LogP contribution in [0.4, 0.5) is 20.4 Å². The van der Waals surface area contributed by atoms with Gasteiger partial charge in [0.25, 0.3) is 12.3 Å². The number of halogens is 2. The lowest BCUT2D eigenvalue weighted by Gasteiger charge is -2.52. The van der Waals surface area contributed by atoms with E-state index in [1.165, 1.54) is 0 Å². The second-order valence-corrected chi connectivity index (χ2v) is 13.3. The molecule has 11 heteroatoms. The molecule has 1 amide bonds. The fraction of sp³-hybridized carbons (Fsp3) is 0.636. The Bertz CT molecular complexity index is 1380. The minimum Gasteiger partial charge on any atom is -0.494 e. The van der Waals surface area contributed by atoms with Gasteiger partial charge in [-0.15, -0.1) is 0 Å². The van der Waals surface area contributed by atoms with E-state index in [-0.39, 0.29) is 17.8 Å². The molecule has 4 aliphatic rings. The highest BCUT2D eigenvalue weighted by atomic mass is 19.3. The molecule has 3 fully saturated rings. The van der Waals surface area contributed by atoms with Gasteiger partial charge in [-0.1, -0.05) is 13.8 Å². The summed E-state index contributed by atoms with van der Waals surface area (Å²) < 4.78 is 40.2. The summed E-state index contributed by atoms with van der Waals surface area (Å²) in [6.45, 7) is 6.68. The third kappa shape index (κ3) is 5.87. The average Bonchev–Trinajstić information content (AvgIpc) is 3.42. The monoisotopic (exact) mass is 612 g/mol. The van der Waals surface area contributed by atoms with E-state index in [1.807, 2.05) is 25.1 Å². The van der Waals surface area contributed by atoms with Gasteiger partial charge in [-0.25, -0.2) is 23.5 Å². The van der Waals surface area contributed by atoms with Crippen LogP contribution >= 0.6 is 0 Å². The van der Waals surface area contributed by atoms with Crippen molar-refractivity contribution in [2.75, 3.05) is 31.3 Å². The number of carboxylic acids is 1. The lowest BCUT2D eigenvalue weighted by molar-refractivity contribution is -0.155. The minimum absolute atomic E-state index is 0.0757.